The van der Waals surface area contributed by atoms with Crippen LogP contribution in [-0.2, 0) is 11.2 Å². The minimum absolute atomic E-state index is 0.0620. The smallest absolute Gasteiger partial charge is 0.321 e. The van der Waals surface area contributed by atoms with Gasteiger partial charge in [0.25, 0.3) is 0 Å². The average Bonchev–Trinajstić information content (AvgIpc) is 3.16. The molecule has 0 radical (unpaired) electrons. The van der Waals surface area contributed by atoms with Gasteiger partial charge in [-0.25, -0.2) is 9.18 Å². The highest BCUT2D eigenvalue weighted by Gasteiger charge is 2.48. The minimum atomic E-state index is -0.366. The first-order valence-electron chi connectivity index (χ1n) is 10.3. The van der Waals surface area contributed by atoms with Gasteiger partial charge in [-0.15, -0.1) is 0 Å². The molecule has 2 heterocycles. The molecule has 1 spiro atoms. The number of hydrogen-bond acceptors (Lipinski definition) is 3. The maximum Gasteiger partial charge on any atom is 0.321 e. The standard InChI is InChI=1S/C23H27FN4O2/c1-3-17-6-4-8-19(12-17)25-22(30)27-11-10-23(15-27)16-28(21(29)14-26(23)2)20-9-5-7-18(24)13-20/h4-9,12-13H,3,10-11,14-16H2,1-2H3,(H,25,30)/t23-/m1/s1. The van der Waals surface area contributed by atoms with Crippen molar-refractivity contribution in [3.8, 4) is 0 Å². The van der Waals surface area contributed by atoms with Crippen molar-refractivity contribution >= 4 is 23.3 Å². The number of amides is 3. The molecule has 6 nitrogen and oxygen atoms in total. The molecular weight excluding hydrogens is 383 g/mol. The Hall–Kier alpha value is -2.93. The van der Waals surface area contributed by atoms with E-state index in [2.05, 4.69) is 12.2 Å². The molecule has 2 aromatic carbocycles. The number of hydrogen-bond donors (Lipinski definition) is 1. The van der Waals surface area contributed by atoms with Crippen LogP contribution in [0, 0.1) is 5.82 Å². The Balaban J connectivity index is 1.49. The lowest BCUT2D eigenvalue weighted by Crippen LogP contribution is -2.64. The van der Waals surface area contributed by atoms with E-state index in [9.17, 15) is 14.0 Å². The van der Waals surface area contributed by atoms with Crippen LogP contribution in [-0.4, -0.2) is 60.5 Å². The van der Waals surface area contributed by atoms with Gasteiger partial charge in [-0.1, -0.05) is 25.1 Å². The van der Waals surface area contributed by atoms with E-state index in [0.717, 1.165) is 18.5 Å². The number of urea groups is 1. The number of rotatable bonds is 3. The molecule has 0 aliphatic carbocycles. The number of anilines is 2. The van der Waals surface area contributed by atoms with Gasteiger partial charge in [-0.3, -0.25) is 9.69 Å². The molecule has 7 heteroatoms. The number of nitrogens with one attached hydrogen (secondary N) is 1. The van der Waals surface area contributed by atoms with Crippen LogP contribution in [0.5, 0.6) is 0 Å². The van der Waals surface area contributed by atoms with Crippen LogP contribution in [0.4, 0.5) is 20.6 Å². The summed E-state index contributed by atoms with van der Waals surface area (Å²) in [4.78, 5) is 31.0. The molecule has 3 amide bonds. The topological polar surface area (TPSA) is 55.9 Å². The van der Waals surface area contributed by atoms with Gasteiger partial charge in [0.05, 0.1) is 12.1 Å². The molecule has 0 bridgehead atoms. The first-order valence-corrected chi connectivity index (χ1v) is 10.3. The van der Waals surface area contributed by atoms with E-state index in [4.69, 9.17) is 0 Å². The monoisotopic (exact) mass is 410 g/mol. The first kappa shape index (κ1) is 20.3. The molecule has 4 rings (SSSR count). The number of likely N-dealkylation sites (tertiary alicyclic amines) is 1. The molecule has 1 N–H and O–H groups in total. The Bertz CT molecular complexity index is 966. The quantitative estimate of drug-likeness (QED) is 0.844. The average molecular weight is 410 g/mol. The number of piperazine rings is 1. The summed E-state index contributed by atoms with van der Waals surface area (Å²) in [6.45, 7) is 3.87. The highest BCUT2D eigenvalue weighted by molar-refractivity contribution is 5.96. The van der Waals surface area contributed by atoms with Crippen LogP contribution in [0.2, 0.25) is 0 Å². The molecule has 30 heavy (non-hydrogen) atoms. The molecular formula is C23H27FN4O2. The summed E-state index contributed by atoms with van der Waals surface area (Å²) < 4.78 is 13.7. The van der Waals surface area contributed by atoms with Crippen LogP contribution in [0.1, 0.15) is 18.9 Å². The van der Waals surface area contributed by atoms with Crippen LogP contribution >= 0.6 is 0 Å². The fourth-order valence-corrected chi connectivity index (χ4v) is 4.38. The lowest BCUT2D eigenvalue weighted by atomic mass is 9.92. The zero-order chi connectivity index (χ0) is 21.3. The minimum Gasteiger partial charge on any atom is -0.323 e. The number of likely N-dealkylation sites (N-methyl/N-ethyl adjacent to an activating group) is 1. The van der Waals surface area contributed by atoms with Crippen molar-refractivity contribution in [2.75, 3.05) is 43.4 Å². The Morgan fingerprint density at radius 1 is 1.17 bits per heavy atom. The summed E-state index contributed by atoms with van der Waals surface area (Å²) in [5.41, 5.74) is 2.17. The molecule has 2 saturated heterocycles. The highest BCUT2D eigenvalue weighted by Crippen LogP contribution is 2.33. The van der Waals surface area contributed by atoms with Gasteiger partial charge < -0.3 is 15.1 Å². The van der Waals surface area contributed by atoms with E-state index in [0.29, 0.717) is 25.3 Å². The molecule has 158 valence electrons. The fraction of sp³-hybridized carbons (Fsp3) is 0.391. The highest BCUT2D eigenvalue weighted by atomic mass is 19.1. The van der Waals surface area contributed by atoms with E-state index < -0.39 is 0 Å². The van der Waals surface area contributed by atoms with Crippen molar-refractivity contribution in [3.63, 3.8) is 0 Å². The third kappa shape index (κ3) is 3.89. The Morgan fingerprint density at radius 3 is 2.73 bits per heavy atom. The first-order chi connectivity index (χ1) is 14.4. The van der Waals surface area contributed by atoms with E-state index in [1.165, 1.54) is 17.7 Å². The molecule has 1 atom stereocenters. The van der Waals surface area contributed by atoms with Gasteiger partial charge in [0, 0.05) is 31.0 Å². The molecule has 2 aliphatic heterocycles. The van der Waals surface area contributed by atoms with E-state index in [1.54, 1.807) is 21.9 Å². The summed E-state index contributed by atoms with van der Waals surface area (Å²) in [6, 6.07) is 13.8. The van der Waals surface area contributed by atoms with Crippen molar-refractivity contribution in [3.05, 3.63) is 59.9 Å². The molecule has 0 aromatic heterocycles. The Kier molecular flexibility index (Phi) is 5.47. The summed E-state index contributed by atoms with van der Waals surface area (Å²) >= 11 is 0. The number of nitrogens with zero attached hydrogens (tertiary/aromatic N) is 3. The molecule has 0 unspecified atom stereocenters. The normalized spacial score (nSPS) is 22.0. The third-order valence-corrected chi connectivity index (χ3v) is 6.26. The summed E-state index contributed by atoms with van der Waals surface area (Å²) in [5, 5.41) is 2.99. The van der Waals surface area contributed by atoms with Gasteiger partial charge >= 0.3 is 6.03 Å². The van der Waals surface area contributed by atoms with Crippen molar-refractivity contribution < 1.29 is 14.0 Å². The van der Waals surface area contributed by atoms with Crippen molar-refractivity contribution in [2.24, 2.45) is 0 Å². The Labute approximate surface area is 176 Å². The number of benzene rings is 2. The van der Waals surface area contributed by atoms with Gasteiger partial charge in [-0.2, -0.15) is 0 Å². The third-order valence-electron chi connectivity index (χ3n) is 6.26. The van der Waals surface area contributed by atoms with Crippen LogP contribution in [0.15, 0.2) is 48.5 Å². The van der Waals surface area contributed by atoms with Crippen LogP contribution < -0.4 is 10.2 Å². The number of aryl methyl sites for hydroxylation is 1. The maximum absolute atomic E-state index is 13.7. The van der Waals surface area contributed by atoms with Crippen LogP contribution in [0.3, 0.4) is 0 Å². The van der Waals surface area contributed by atoms with Gasteiger partial charge in [0.15, 0.2) is 0 Å². The largest absolute Gasteiger partial charge is 0.323 e. The lowest BCUT2D eigenvalue weighted by molar-refractivity contribution is -0.123. The van der Waals surface area contributed by atoms with E-state index in [-0.39, 0.29) is 29.8 Å². The summed E-state index contributed by atoms with van der Waals surface area (Å²) in [7, 11) is 1.92. The van der Waals surface area contributed by atoms with Gasteiger partial charge in [0.1, 0.15) is 5.82 Å². The van der Waals surface area contributed by atoms with Gasteiger partial charge in [-0.05, 0) is 55.8 Å². The predicted octanol–water partition coefficient (Wildman–Crippen LogP) is 3.34. The second-order valence-electron chi connectivity index (χ2n) is 8.20. The predicted molar refractivity (Wildman–Crippen MR) is 115 cm³/mol. The zero-order valence-corrected chi connectivity index (χ0v) is 17.4. The number of carbonyl (C=O) groups is 2. The molecule has 2 aliphatic rings. The SMILES string of the molecule is CCc1cccc(NC(=O)N2CC[C@@]3(C2)CN(c2cccc(F)c2)C(=O)CN3C)c1. The van der Waals surface area contributed by atoms with Crippen LogP contribution in [0.25, 0.3) is 0 Å². The second kappa shape index (κ2) is 8.07. The van der Waals surface area contributed by atoms with Crippen molar-refractivity contribution in [1.82, 2.24) is 9.80 Å². The fourth-order valence-electron chi connectivity index (χ4n) is 4.38. The summed E-state index contributed by atoms with van der Waals surface area (Å²) in [6.07, 6.45) is 1.66. The zero-order valence-electron chi connectivity index (χ0n) is 17.4. The maximum atomic E-state index is 13.7. The second-order valence-corrected chi connectivity index (χ2v) is 8.20. The molecule has 2 aromatic rings. The van der Waals surface area contributed by atoms with Gasteiger partial charge in [0.2, 0.25) is 5.91 Å². The van der Waals surface area contributed by atoms with Crippen molar-refractivity contribution in [2.45, 2.75) is 25.3 Å². The number of halogens is 1. The summed E-state index contributed by atoms with van der Waals surface area (Å²) in [5.74, 6) is -0.428. The van der Waals surface area contributed by atoms with E-state index >= 15 is 0 Å². The number of carbonyl (C=O) groups excluding carboxylic acids is 2. The Morgan fingerprint density at radius 2 is 1.97 bits per heavy atom. The molecule has 2 fully saturated rings. The van der Waals surface area contributed by atoms with E-state index in [1.807, 2.05) is 36.2 Å². The van der Waals surface area contributed by atoms with Crippen molar-refractivity contribution in [1.29, 1.82) is 0 Å². The lowest BCUT2D eigenvalue weighted by Gasteiger charge is -2.46. The molecule has 0 saturated carbocycles.